The summed E-state index contributed by atoms with van der Waals surface area (Å²) in [6.07, 6.45) is 1.87. The number of halogens is 1. The smallest absolute Gasteiger partial charge is 0.164 e. The summed E-state index contributed by atoms with van der Waals surface area (Å²) < 4.78 is 3.60. The molecule has 0 aliphatic carbocycles. The van der Waals surface area contributed by atoms with Gasteiger partial charge in [-0.25, -0.2) is 15.0 Å². The molecule has 0 spiro atoms. The van der Waals surface area contributed by atoms with E-state index >= 15 is 0 Å². The molecule has 264 valence electrons. The van der Waals surface area contributed by atoms with Crippen LogP contribution in [-0.2, 0) is 11.8 Å². The van der Waals surface area contributed by atoms with Gasteiger partial charge >= 0.3 is 0 Å². The molecule has 0 fully saturated rings. The van der Waals surface area contributed by atoms with E-state index in [1.54, 1.807) is 0 Å². The van der Waals surface area contributed by atoms with E-state index < -0.39 is 0 Å². The molecule has 0 bridgehead atoms. The van der Waals surface area contributed by atoms with Crippen molar-refractivity contribution in [3.05, 3.63) is 178 Å². The van der Waals surface area contributed by atoms with Crippen LogP contribution in [0.25, 0.3) is 61.9 Å². The van der Waals surface area contributed by atoms with Crippen molar-refractivity contribution in [2.75, 3.05) is 0 Å². The van der Waals surface area contributed by atoms with E-state index in [4.69, 9.17) is 15.0 Å². The van der Waals surface area contributed by atoms with Crippen molar-refractivity contribution in [2.24, 2.45) is 0 Å². The van der Waals surface area contributed by atoms with Crippen molar-refractivity contribution in [2.45, 2.75) is 51.9 Å². The van der Waals surface area contributed by atoms with Gasteiger partial charge in [0.05, 0.1) is 5.52 Å². The number of fused-ring (bicyclic) bond motifs is 5. The molecule has 0 N–H and O–H groups in total. The Hall–Kier alpha value is -5.65. The monoisotopic (exact) mass is 764 g/mol. The van der Waals surface area contributed by atoms with Crippen molar-refractivity contribution in [1.82, 2.24) is 19.5 Å². The molecule has 6 aromatic carbocycles. The number of rotatable bonds is 8. The first-order valence-corrected chi connectivity index (χ1v) is 19.6. The lowest BCUT2D eigenvalue weighted by atomic mass is 9.80. The van der Waals surface area contributed by atoms with E-state index in [1.165, 1.54) is 55.7 Å². The summed E-state index contributed by atoms with van der Waals surface area (Å²) in [4.78, 5) is 15.0. The highest BCUT2D eigenvalue weighted by atomic mass is 79.9. The van der Waals surface area contributed by atoms with Gasteiger partial charge in [0, 0.05) is 43.3 Å². The second kappa shape index (κ2) is 13.6. The molecule has 5 heteroatoms. The minimum Gasteiger partial charge on any atom is -0.312 e. The van der Waals surface area contributed by atoms with E-state index in [2.05, 4.69) is 157 Å². The van der Waals surface area contributed by atoms with Crippen LogP contribution in [0.5, 0.6) is 0 Å². The second-order valence-corrected chi connectivity index (χ2v) is 15.9. The zero-order valence-electron chi connectivity index (χ0n) is 31.0. The van der Waals surface area contributed by atoms with E-state index in [-0.39, 0.29) is 11.3 Å². The average molecular weight is 766 g/mol. The molecule has 3 heterocycles. The summed E-state index contributed by atoms with van der Waals surface area (Å²) >= 11 is 3.79. The fourth-order valence-corrected chi connectivity index (χ4v) is 8.79. The molecule has 4 nitrogen and oxygen atoms in total. The van der Waals surface area contributed by atoms with E-state index in [1.807, 2.05) is 36.4 Å². The highest BCUT2D eigenvalue weighted by Crippen LogP contribution is 2.49. The second-order valence-electron chi connectivity index (χ2n) is 15.0. The number of hydrogen-bond acceptors (Lipinski definition) is 3. The number of aromatic nitrogens is 4. The standard InChI is InChI=1S/C49H41BrN4/c1-5-33(27-32-15-14-20-36(28-32)48-52-46(34-16-8-6-9-17-34)51-47(53-48)35-18-10-7-11-19-35)45-38(39-29-37(50)24-23-31(39)2)25-26-42-40(45)30-44-49(3,4)41-21-12-13-22-43(41)54(42)44/h6-26,28-30,33H,5,27H2,1-4H3. The molecule has 0 radical (unpaired) electrons. The molecule has 8 aromatic rings. The van der Waals surface area contributed by atoms with Crippen LogP contribution >= 0.6 is 15.9 Å². The van der Waals surface area contributed by atoms with Crippen LogP contribution in [0, 0.1) is 6.92 Å². The van der Waals surface area contributed by atoms with Crippen LogP contribution in [0.2, 0.25) is 0 Å². The van der Waals surface area contributed by atoms with E-state index in [0.29, 0.717) is 17.5 Å². The quantitative estimate of drug-likeness (QED) is 0.155. The Morgan fingerprint density at radius 2 is 1.26 bits per heavy atom. The van der Waals surface area contributed by atoms with Crippen LogP contribution in [0.3, 0.4) is 0 Å². The van der Waals surface area contributed by atoms with Gasteiger partial charge in [-0.05, 0) is 95.5 Å². The predicted molar refractivity (Wildman–Crippen MR) is 226 cm³/mol. The van der Waals surface area contributed by atoms with Gasteiger partial charge in [0.1, 0.15) is 0 Å². The summed E-state index contributed by atoms with van der Waals surface area (Å²) in [5.74, 6) is 2.28. The van der Waals surface area contributed by atoms with Crippen LogP contribution in [0.1, 0.15) is 61.1 Å². The third-order valence-electron chi connectivity index (χ3n) is 11.2. The van der Waals surface area contributed by atoms with Crippen LogP contribution < -0.4 is 0 Å². The predicted octanol–water partition coefficient (Wildman–Crippen LogP) is 12.9. The molecule has 0 amide bonds. The lowest BCUT2D eigenvalue weighted by Crippen LogP contribution is -2.14. The van der Waals surface area contributed by atoms with Crippen molar-refractivity contribution >= 4 is 26.8 Å². The minimum atomic E-state index is -0.101. The van der Waals surface area contributed by atoms with Gasteiger partial charge in [0.15, 0.2) is 17.5 Å². The number of nitrogens with zero attached hydrogens (tertiary/aromatic N) is 4. The topological polar surface area (TPSA) is 43.6 Å². The van der Waals surface area contributed by atoms with Gasteiger partial charge < -0.3 is 4.57 Å². The Kier molecular flexibility index (Phi) is 8.62. The Morgan fingerprint density at radius 1 is 0.630 bits per heavy atom. The highest BCUT2D eigenvalue weighted by Gasteiger charge is 2.38. The number of hydrogen-bond donors (Lipinski definition) is 0. The fourth-order valence-electron chi connectivity index (χ4n) is 8.43. The van der Waals surface area contributed by atoms with Crippen molar-refractivity contribution in [1.29, 1.82) is 0 Å². The summed E-state index contributed by atoms with van der Waals surface area (Å²) in [6, 6.07) is 51.9. The summed E-state index contributed by atoms with van der Waals surface area (Å²) in [7, 11) is 0. The average Bonchev–Trinajstić information content (AvgIpc) is 3.71. The van der Waals surface area contributed by atoms with Crippen LogP contribution in [0.15, 0.2) is 150 Å². The molecule has 1 aliphatic heterocycles. The lowest BCUT2D eigenvalue weighted by molar-refractivity contribution is 0.644. The molecule has 2 aromatic heterocycles. The molecule has 1 atom stereocenters. The van der Waals surface area contributed by atoms with Gasteiger partial charge in [0.2, 0.25) is 0 Å². The summed E-state index contributed by atoms with van der Waals surface area (Å²) in [5, 5.41) is 1.34. The summed E-state index contributed by atoms with van der Waals surface area (Å²) in [6.45, 7) is 9.28. The Bertz CT molecular complexity index is 2620. The molecule has 0 saturated carbocycles. The molecular weight excluding hydrogens is 724 g/mol. The van der Waals surface area contributed by atoms with E-state index in [9.17, 15) is 0 Å². The minimum absolute atomic E-state index is 0.101. The first kappa shape index (κ1) is 34.1. The third kappa shape index (κ3) is 5.88. The third-order valence-corrected chi connectivity index (χ3v) is 11.7. The van der Waals surface area contributed by atoms with Crippen molar-refractivity contribution < 1.29 is 0 Å². The number of benzene rings is 6. The van der Waals surface area contributed by atoms with Gasteiger partial charge in [-0.1, -0.05) is 146 Å². The van der Waals surface area contributed by atoms with Gasteiger partial charge in [-0.2, -0.15) is 0 Å². The molecule has 1 unspecified atom stereocenters. The SMILES string of the molecule is CCC(Cc1cccc(-c2nc(-c3ccccc3)nc(-c3ccccc3)n2)c1)c1c(-c2cc(Br)ccc2C)ccc2c1cc1n2-c2ccccc2C1(C)C. The Morgan fingerprint density at radius 3 is 1.94 bits per heavy atom. The molecule has 1 aliphatic rings. The zero-order valence-corrected chi connectivity index (χ0v) is 32.6. The maximum absolute atomic E-state index is 5.04. The number of para-hydroxylation sites is 1. The normalized spacial score (nSPS) is 13.5. The van der Waals surface area contributed by atoms with Crippen LogP contribution in [0.4, 0.5) is 0 Å². The van der Waals surface area contributed by atoms with Gasteiger partial charge in [-0.15, -0.1) is 0 Å². The molecule has 54 heavy (non-hydrogen) atoms. The van der Waals surface area contributed by atoms with Crippen LogP contribution in [-0.4, -0.2) is 19.5 Å². The summed E-state index contributed by atoms with van der Waals surface area (Å²) in [5.41, 5.74) is 14.6. The number of aryl methyl sites for hydroxylation is 1. The first-order valence-electron chi connectivity index (χ1n) is 18.8. The molecule has 9 rings (SSSR count). The Labute approximate surface area is 325 Å². The Balaban J connectivity index is 1.18. The van der Waals surface area contributed by atoms with Crippen molar-refractivity contribution in [3.8, 4) is 51.0 Å². The van der Waals surface area contributed by atoms with Gasteiger partial charge in [-0.3, -0.25) is 0 Å². The van der Waals surface area contributed by atoms with Crippen molar-refractivity contribution in [3.63, 3.8) is 0 Å². The maximum Gasteiger partial charge on any atom is 0.164 e. The maximum atomic E-state index is 5.04. The first-order chi connectivity index (χ1) is 26.3. The zero-order chi connectivity index (χ0) is 37.0. The highest BCUT2D eigenvalue weighted by molar-refractivity contribution is 9.10. The largest absolute Gasteiger partial charge is 0.312 e. The molecule has 0 saturated heterocycles. The van der Waals surface area contributed by atoms with Gasteiger partial charge in [0.25, 0.3) is 0 Å². The van der Waals surface area contributed by atoms with E-state index in [0.717, 1.165) is 34.0 Å². The fraction of sp³-hybridized carbons (Fsp3) is 0.163. The molecular formula is C49H41BrN4. The lowest BCUT2D eigenvalue weighted by Gasteiger charge is -2.23.